The molecular formula is C49H71N7O8S. The lowest BCUT2D eigenvalue weighted by Gasteiger charge is -2.31. The number of rotatable bonds is 20. The number of ether oxygens (including phenoxy) is 2. The minimum atomic E-state index is -1.03. The van der Waals surface area contributed by atoms with Crippen molar-refractivity contribution < 1.29 is 38.2 Å². The van der Waals surface area contributed by atoms with Crippen molar-refractivity contribution in [3.8, 4) is 0 Å². The van der Waals surface area contributed by atoms with Gasteiger partial charge in [-0.25, -0.2) is 9.59 Å². The van der Waals surface area contributed by atoms with Crippen LogP contribution in [0.15, 0.2) is 77.3 Å². The van der Waals surface area contributed by atoms with Gasteiger partial charge >= 0.3 is 12.2 Å². The summed E-state index contributed by atoms with van der Waals surface area (Å²) in [4.78, 5) is 88.0. The number of benzene rings is 2. The zero-order valence-electron chi connectivity index (χ0n) is 39.4. The van der Waals surface area contributed by atoms with Crippen molar-refractivity contribution in [2.75, 3.05) is 25.4 Å². The highest BCUT2D eigenvalue weighted by molar-refractivity contribution is 8.13. The van der Waals surface area contributed by atoms with Gasteiger partial charge in [-0.3, -0.25) is 24.2 Å². The Bertz CT molecular complexity index is 1950. The molecule has 2 heterocycles. The van der Waals surface area contributed by atoms with E-state index in [0.717, 1.165) is 28.9 Å². The standard InChI is InChI=1S/C49H71N7O8S/c1-32(2)28-39(53-48(62)64-49(6,7)8)34(5)29-37(30-35-18-11-9-12-19-35)45(60)56-26-16-23-40(56)43(58)54-41(33(3)4)44(59)52-38(42(57)55-46-50-25-17-27-65-46)22-15-24-51-47(61)63-31-36-20-13-10-14-21-36/h9-14,18-21,29,32-33,37-41H,15-17,22-28,30-31H2,1-8H3,(H,51,61)(H,52,59)(H,53,62)(H,54,58)(H,50,55,57)/b34-29+/t37-,38-,39+,40+,41+/m1/s1. The fourth-order valence-corrected chi connectivity index (χ4v) is 8.45. The maximum Gasteiger partial charge on any atom is 0.408 e. The minimum absolute atomic E-state index is 0.113. The van der Waals surface area contributed by atoms with Gasteiger partial charge in [-0.05, 0) is 95.6 Å². The van der Waals surface area contributed by atoms with Gasteiger partial charge in [-0.1, -0.05) is 112 Å². The molecule has 356 valence electrons. The first-order valence-electron chi connectivity index (χ1n) is 23.0. The van der Waals surface area contributed by atoms with Crippen LogP contribution in [0.1, 0.15) is 105 Å². The Kier molecular flexibility index (Phi) is 20.8. The Morgan fingerprint density at radius 3 is 2.15 bits per heavy atom. The molecule has 5 N–H and O–H groups in total. The number of carbonyl (C=O) groups is 6. The summed E-state index contributed by atoms with van der Waals surface area (Å²) >= 11 is 1.43. The van der Waals surface area contributed by atoms with Gasteiger partial charge in [-0.15, -0.1) is 0 Å². The molecule has 0 saturated carbocycles. The number of nitrogens with zero attached hydrogens (tertiary/aromatic N) is 2. The topological polar surface area (TPSA) is 197 Å². The summed E-state index contributed by atoms with van der Waals surface area (Å²) in [6.07, 6.45) is 4.18. The summed E-state index contributed by atoms with van der Waals surface area (Å²) in [5.41, 5.74) is 1.91. The fourth-order valence-electron chi connectivity index (χ4n) is 7.63. The van der Waals surface area contributed by atoms with Crippen molar-refractivity contribution >= 4 is 52.7 Å². The van der Waals surface area contributed by atoms with Gasteiger partial charge in [0.25, 0.3) is 0 Å². The molecular weight excluding hydrogens is 847 g/mol. The zero-order chi connectivity index (χ0) is 47.5. The molecule has 0 radical (unpaired) electrons. The summed E-state index contributed by atoms with van der Waals surface area (Å²) in [5.74, 6) is -1.69. The number of carbonyl (C=O) groups excluding carboxylic acids is 6. The lowest BCUT2D eigenvalue weighted by molar-refractivity contribution is -0.141. The third-order valence-corrected chi connectivity index (χ3v) is 11.9. The van der Waals surface area contributed by atoms with Crippen LogP contribution in [-0.4, -0.2) is 101 Å². The molecule has 4 rings (SSSR count). The fraction of sp³-hybridized carbons (Fsp3) is 0.571. The molecule has 16 heteroatoms. The number of hydrogen-bond donors (Lipinski definition) is 5. The highest BCUT2D eigenvalue weighted by Gasteiger charge is 2.39. The van der Waals surface area contributed by atoms with E-state index in [4.69, 9.17) is 9.47 Å². The predicted octanol–water partition coefficient (Wildman–Crippen LogP) is 6.66. The van der Waals surface area contributed by atoms with Crippen molar-refractivity contribution in [3.05, 3.63) is 83.4 Å². The summed E-state index contributed by atoms with van der Waals surface area (Å²) in [6, 6.07) is 15.7. The highest BCUT2D eigenvalue weighted by atomic mass is 32.2. The van der Waals surface area contributed by atoms with E-state index in [1.54, 1.807) is 39.5 Å². The number of hydrogen-bond acceptors (Lipinski definition) is 10. The van der Waals surface area contributed by atoms with E-state index in [1.807, 2.05) is 73.7 Å². The van der Waals surface area contributed by atoms with Crippen molar-refractivity contribution in [1.82, 2.24) is 31.5 Å². The Morgan fingerprint density at radius 1 is 0.862 bits per heavy atom. The average molecular weight is 918 g/mol. The quantitative estimate of drug-likeness (QED) is 0.0713. The van der Waals surface area contributed by atoms with Crippen molar-refractivity contribution in [3.63, 3.8) is 0 Å². The van der Waals surface area contributed by atoms with Crippen molar-refractivity contribution in [2.24, 2.45) is 22.7 Å². The molecule has 5 atom stereocenters. The Hall–Kier alpha value is -5.38. The predicted molar refractivity (Wildman–Crippen MR) is 255 cm³/mol. The van der Waals surface area contributed by atoms with E-state index in [-0.39, 0.29) is 37.3 Å². The zero-order valence-corrected chi connectivity index (χ0v) is 40.3. The molecule has 65 heavy (non-hydrogen) atoms. The minimum Gasteiger partial charge on any atom is -0.445 e. The summed E-state index contributed by atoms with van der Waals surface area (Å²) < 4.78 is 10.9. The van der Waals surface area contributed by atoms with Crippen LogP contribution < -0.4 is 26.6 Å². The second-order valence-corrected chi connectivity index (χ2v) is 19.6. The van der Waals surface area contributed by atoms with Gasteiger partial charge in [-0.2, -0.15) is 0 Å². The van der Waals surface area contributed by atoms with E-state index in [1.165, 1.54) is 11.8 Å². The molecule has 1 fully saturated rings. The number of amidine groups is 1. The van der Waals surface area contributed by atoms with Crippen LogP contribution in [0.4, 0.5) is 9.59 Å². The second kappa shape index (κ2) is 25.9. The number of nitrogens with one attached hydrogen (secondary N) is 5. The van der Waals surface area contributed by atoms with Crippen LogP contribution in [-0.2, 0) is 41.7 Å². The monoisotopic (exact) mass is 918 g/mol. The molecule has 0 aliphatic carbocycles. The first-order valence-corrected chi connectivity index (χ1v) is 23.9. The molecule has 0 aromatic heterocycles. The van der Waals surface area contributed by atoms with Crippen LogP contribution in [0, 0.1) is 17.8 Å². The molecule has 1 saturated heterocycles. The molecule has 2 aliphatic rings. The molecule has 0 unspecified atom stereocenters. The number of likely N-dealkylation sites (tertiary alicyclic amines) is 1. The summed E-state index contributed by atoms with van der Waals surface area (Å²) in [6.45, 7) is 16.3. The van der Waals surface area contributed by atoms with Crippen LogP contribution in [0.25, 0.3) is 0 Å². The molecule has 6 amide bonds. The number of amides is 6. The number of aliphatic imine (C=N–C) groups is 1. The van der Waals surface area contributed by atoms with Crippen molar-refractivity contribution in [1.29, 1.82) is 0 Å². The maximum absolute atomic E-state index is 14.7. The van der Waals surface area contributed by atoms with E-state index >= 15 is 0 Å². The Balaban J connectivity index is 1.48. The second-order valence-electron chi connectivity index (χ2n) is 18.5. The molecule has 0 spiro atoms. The normalized spacial score (nSPS) is 17.3. The smallest absolute Gasteiger partial charge is 0.408 e. The van der Waals surface area contributed by atoms with Gasteiger partial charge in [0.15, 0.2) is 5.17 Å². The molecule has 2 aromatic carbocycles. The van der Waals surface area contributed by atoms with E-state index in [2.05, 4.69) is 45.4 Å². The molecule has 15 nitrogen and oxygen atoms in total. The highest BCUT2D eigenvalue weighted by Crippen LogP contribution is 2.26. The largest absolute Gasteiger partial charge is 0.445 e. The molecule has 2 aliphatic heterocycles. The van der Waals surface area contributed by atoms with Crippen LogP contribution in [0.5, 0.6) is 0 Å². The Labute approximate surface area is 389 Å². The summed E-state index contributed by atoms with van der Waals surface area (Å²) in [5, 5.41) is 14.8. The third-order valence-electron chi connectivity index (χ3n) is 10.9. The maximum atomic E-state index is 14.7. The third kappa shape index (κ3) is 18.2. The van der Waals surface area contributed by atoms with Gasteiger partial charge in [0.1, 0.15) is 30.3 Å². The number of thioether (sulfide) groups is 1. The summed E-state index contributed by atoms with van der Waals surface area (Å²) in [7, 11) is 0. The van der Waals surface area contributed by atoms with E-state index in [9.17, 15) is 28.8 Å². The Morgan fingerprint density at radius 2 is 1.54 bits per heavy atom. The van der Waals surface area contributed by atoms with Gasteiger partial charge in [0, 0.05) is 25.4 Å². The van der Waals surface area contributed by atoms with Crippen LogP contribution in [0.2, 0.25) is 0 Å². The lowest BCUT2D eigenvalue weighted by atomic mass is 9.91. The SMILES string of the molecule is C/C(=C\[C@H](Cc1ccccc1)C(=O)N1CCC[C@H]1C(=O)N[C@H](C(=O)N[C@H](CCCNC(=O)OCc1ccccc1)C(=O)NC1=NCCCS1)C(C)C)[C@H](CC(C)C)NC(=O)OC(C)(C)C. The van der Waals surface area contributed by atoms with E-state index in [0.29, 0.717) is 50.4 Å². The molecule has 2 aromatic rings. The average Bonchev–Trinajstić information content (AvgIpc) is 3.75. The van der Waals surface area contributed by atoms with Crippen molar-refractivity contribution in [2.45, 2.75) is 137 Å². The lowest BCUT2D eigenvalue weighted by Crippen LogP contribution is -2.58. The first-order chi connectivity index (χ1) is 30.9. The van der Waals surface area contributed by atoms with Gasteiger partial charge in [0.05, 0.1) is 12.0 Å². The molecule has 0 bridgehead atoms. The van der Waals surface area contributed by atoms with E-state index < -0.39 is 65.6 Å². The number of alkyl carbamates (subject to hydrolysis) is 2. The van der Waals surface area contributed by atoms with Gasteiger partial charge in [0.2, 0.25) is 23.6 Å². The first kappa shape index (κ1) is 52.2. The van der Waals surface area contributed by atoms with Gasteiger partial charge < -0.3 is 41.0 Å². The van der Waals surface area contributed by atoms with Crippen LogP contribution in [0.3, 0.4) is 0 Å². The van der Waals surface area contributed by atoms with Crippen LogP contribution >= 0.6 is 11.8 Å².